The number of thioether (sulfide) groups is 1. The van der Waals surface area contributed by atoms with E-state index in [2.05, 4.69) is 10.2 Å². The van der Waals surface area contributed by atoms with Gasteiger partial charge in [-0.3, -0.25) is 4.79 Å². The summed E-state index contributed by atoms with van der Waals surface area (Å²) < 4.78 is 3.77. The lowest BCUT2D eigenvalue weighted by molar-refractivity contribution is 0.102. The van der Waals surface area contributed by atoms with E-state index in [1.54, 1.807) is 17.0 Å². The molecule has 0 radical (unpaired) electrons. The zero-order valence-electron chi connectivity index (χ0n) is 14.0. The second kappa shape index (κ2) is 7.23. The Hall–Kier alpha value is -1.76. The van der Waals surface area contributed by atoms with Gasteiger partial charge in [0.2, 0.25) is 0 Å². The summed E-state index contributed by atoms with van der Waals surface area (Å²) in [5, 5.41) is 9.62. The molecule has 1 aromatic carbocycles. The van der Waals surface area contributed by atoms with E-state index >= 15 is 0 Å². The van der Waals surface area contributed by atoms with Crippen LogP contribution in [-0.2, 0) is 7.05 Å². The summed E-state index contributed by atoms with van der Waals surface area (Å²) in [5.41, 5.74) is 3.33. The molecular formula is C17H16Cl2N4OS. The van der Waals surface area contributed by atoms with E-state index in [0.717, 1.165) is 17.1 Å². The third kappa shape index (κ3) is 3.76. The first kappa shape index (κ1) is 18.0. The number of ketones is 1. The molecular weight excluding hydrogens is 379 g/mol. The lowest BCUT2D eigenvalue weighted by Crippen LogP contribution is -2.06. The molecule has 2 aromatic heterocycles. The van der Waals surface area contributed by atoms with Crippen molar-refractivity contribution in [1.29, 1.82) is 0 Å². The molecule has 0 saturated carbocycles. The van der Waals surface area contributed by atoms with E-state index in [9.17, 15) is 4.79 Å². The minimum atomic E-state index is 0.0421. The van der Waals surface area contributed by atoms with Crippen molar-refractivity contribution < 1.29 is 4.79 Å². The van der Waals surface area contributed by atoms with Gasteiger partial charge in [-0.05, 0) is 38.1 Å². The van der Waals surface area contributed by atoms with Crippen LogP contribution in [0.5, 0.6) is 0 Å². The van der Waals surface area contributed by atoms with Crippen LogP contribution in [0.15, 0.2) is 35.7 Å². The van der Waals surface area contributed by atoms with E-state index in [4.69, 9.17) is 23.2 Å². The van der Waals surface area contributed by atoms with Gasteiger partial charge in [-0.15, -0.1) is 10.2 Å². The van der Waals surface area contributed by atoms with Crippen LogP contribution in [0.3, 0.4) is 0 Å². The van der Waals surface area contributed by atoms with Crippen LogP contribution in [0.25, 0.3) is 5.69 Å². The first-order valence-electron chi connectivity index (χ1n) is 7.52. The fourth-order valence-corrected chi connectivity index (χ4v) is 4.01. The smallest absolute Gasteiger partial charge is 0.191 e. The lowest BCUT2D eigenvalue weighted by Gasteiger charge is -2.11. The molecule has 3 aromatic rings. The fraction of sp³-hybridized carbons (Fsp3) is 0.235. The maximum Gasteiger partial charge on any atom is 0.191 e. The Morgan fingerprint density at radius 2 is 1.84 bits per heavy atom. The highest BCUT2D eigenvalue weighted by molar-refractivity contribution is 7.99. The van der Waals surface area contributed by atoms with Crippen molar-refractivity contribution >= 4 is 40.7 Å². The topological polar surface area (TPSA) is 52.7 Å². The molecule has 0 aliphatic heterocycles. The molecule has 0 bridgehead atoms. The highest BCUT2D eigenvalue weighted by atomic mass is 35.5. The standard InChI is InChI=1S/C17H16Cl2N4OS/c1-10-4-15(16(24)8-25-17-21-20-9-22(17)3)11(2)23(10)14-6-12(18)5-13(19)7-14/h4-7,9H,8H2,1-3H3. The van der Waals surface area contributed by atoms with Crippen molar-refractivity contribution in [1.82, 2.24) is 19.3 Å². The average Bonchev–Trinajstić information content (AvgIpc) is 3.07. The average molecular weight is 395 g/mol. The molecule has 0 aliphatic rings. The van der Waals surface area contributed by atoms with Crippen LogP contribution in [0, 0.1) is 13.8 Å². The lowest BCUT2D eigenvalue weighted by atomic mass is 10.2. The number of nitrogens with zero attached hydrogens (tertiary/aromatic N) is 4. The summed E-state index contributed by atoms with van der Waals surface area (Å²) in [6, 6.07) is 7.24. The Bertz CT molecular complexity index is 928. The van der Waals surface area contributed by atoms with Gasteiger partial charge in [0.05, 0.1) is 5.75 Å². The van der Waals surface area contributed by atoms with Crippen LogP contribution in [0.1, 0.15) is 21.7 Å². The third-order valence-electron chi connectivity index (χ3n) is 3.84. The van der Waals surface area contributed by atoms with Gasteiger partial charge in [0.25, 0.3) is 0 Å². The SMILES string of the molecule is Cc1cc(C(=O)CSc2nncn2C)c(C)n1-c1cc(Cl)cc(Cl)c1. The monoisotopic (exact) mass is 394 g/mol. The van der Waals surface area contributed by atoms with Gasteiger partial charge < -0.3 is 9.13 Å². The van der Waals surface area contributed by atoms with Gasteiger partial charge >= 0.3 is 0 Å². The van der Waals surface area contributed by atoms with E-state index in [1.807, 2.05) is 43.7 Å². The maximum absolute atomic E-state index is 12.7. The van der Waals surface area contributed by atoms with Crippen molar-refractivity contribution in [3.8, 4) is 5.69 Å². The number of hydrogen-bond donors (Lipinski definition) is 0. The van der Waals surface area contributed by atoms with Gasteiger partial charge in [0.15, 0.2) is 10.9 Å². The summed E-state index contributed by atoms with van der Waals surface area (Å²) in [6.45, 7) is 3.87. The molecule has 0 amide bonds. The van der Waals surface area contributed by atoms with Gasteiger partial charge in [0.1, 0.15) is 6.33 Å². The molecule has 0 atom stereocenters. The summed E-state index contributed by atoms with van der Waals surface area (Å²) in [5.74, 6) is 0.341. The van der Waals surface area contributed by atoms with E-state index < -0.39 is 0 Å². The Kier molecular flexibility index (Phi) is 5.22. The van der Waals surface area contributed by atoms with Crippen LogP contribution >= 0.6 is 35.0 Å². The van der Waals surface area contributed by atoms with Crippen molar-refractivity contribution in [2.24, 2.45) is 7.05 Å². The zero-order valence-corrected chi connectivity index (χ0v) is 16.3. The number of Topliss-reactive ketones (excluding diaryl/α,β-unsaturated/α-hetero) is 1. The third-order valence-corrected chi connectivity index (χ3v) is 5.31. The van der Waals surface area contributed by atoms with E-state index in [-0.39, 0.29) is 5.78 Å². The molecule has 0 saturated heterocycles. The number of benzene rings is 1. The Morgan fingerprint density at radius 1 is 1.16 bits per heavy atom. The number of aryl methyl sites for hydroxylation is 2. The van der Waals surface area contributed by atoms with Gasteiger partial charge in [0, 0.05) is 39.7 Å². The molecule has 0 spiro atoms. The quantitative estimate of drug-likeness (QED) is 0.471. The summed E-state index contributed by atoms with van der Waals surface area (Å²) in [4.78, 5) is 12.7. The zero-order chi connectivity index (χ0) is 18.1. The number of carbonyl (C=O) groups excluding carboxylic acids is 1. The number of hydrogen-bond acceptors (Lipinski definition) is 4. The van der Waals surface area contributed by atoms with Gasteiger partial charge in [-0.1, -0.05) is 35.0 Å². The van der Waals surface area contributed by atoms with Crippen LogP contribution in [0.2, 0.25) is 10.0 Å². The summed E-state index contributed by atoms with van der Waals surface area (Å²) in [6.07, 6.45) is 1.61. The van der Waals surface area contributed by atoms with Gasteiger partial charge in [-0.25, -0.2) is 0 Å². The van der Waals surface area contributed by atoms with Crippen molar-refractivity contribution in [2.75, 3.05) is 5.75 Å². The molecule has 3 rings (SSSR count). The molecule has 0 fully saturated rings. The second-order valence-electron chi connectivity index (χ2n) is 5.68. The highest BCUT2D eigenvalue weighted by Gasteiger charge is 2.18. The molecule has 8 heteroatoms. The molecule has 130 valence electrons. The predicted molar refractivity (Wildman–Crippen MR) is 101 cm³/mol. The Balaban J connectivity index is 1.88. The van der Waals surface area contributed by atoms with Crippen molar-refractivity contribution in [3.05, 3.63) is 57.6 Å². The molecule has 0 unspecified atom stereocenters. The molecule has 25 heavy (non-hydrogen) atoms. The molecule has 5 nitrogen and oxygen atoms in total. The van der Waals surface area contributed by atoms with Gasteiger partial charge in [-0.2, -0.15) is 0 Å². The normalized spacial score (nSPS) is 11.1. The first-order chi connectivity index (χ1) is 11.9. The van der Waals surface area contributed by atoms with Crippen LogP contribution < -0.4 is 0 Å². The van der Waals surface area contributed by atoms with E-state index in [1.165, 1.54) is 11.8 Å². The summed E-state index contributed by atoms with van der Waals surface area (Å²) in [7, 11) is 1.85. The number of halogens is 2. The second-order valence-corrected chi connectivity index (χ2v) is 7.50. The number of carbonyl (C=O) groups is 1. The van der Waals surface area contributed by atoms with Crippen LogP contribution in [0.4, 0.5) is 0 Å². The fourth-order valence-electron chi connectivity index (χ4n) is 2.72. The number of rotatable bonds is 5. The minimum absolute atomic E-state index is 0.0421. The Morgan fingerprint density at radius 3 is 2.44 bits per heavy atom. The summed E-state index contributed by atoms with van der Waals surface area (Å²) >= 11 is 13.6. The Labute approximate surface area is 160 Å². The van der Waals surface area contributed by atoms with Crippen molar-refractivity contribution in [2.45, 2.75) is 19.0 Å². The predicted octanol–water partition coefficient (Wildman–Crippen LogP) is 4.50. The highest BCUT2D eigenvalue weighted by Crippen LogP contribution is 2.27. The number of aromatic nitrogens is 4. The molecule has 0 aliphatic carbocycles. The molecule has 2 heterocycles. The van der Waals surface area contributed by atoms with Crippen molar-refractivity contribution in [3.63, 3.8) is 0 Å². The largest absolute Gasteiger partial charge is 0.318 e. The van der Waals surface area contributed by atoms with Crippen LogP contribution in [-0.4, -0.2) is 30.9 Å². The van der Waals surface area contributed by atoms with E-state index in [0.29, 0.717) is 26.5 Å². The minimum Gasteiger partial charge on any atom is -0.318 e. The molecule has 0 N–H and O–H groups in total. The maximum atomic E-state index is 12.7. The first-order valence-corrected chi connectivity index (χ1v) is 9.26.